The van der Waals surface area contributed by atoms with Gasteiger partial charge in [0.2, 0.25) is 0 Å². The van der Waals surface area contributed by atoms with Gasteiger partial charge in [-0.3, -0.25) is 4.79 Å². The monoisotopic (exact) mass is 235 g/mol. The highest BCUT2D eigenvalue weighted by Gasteiger charge is 2.15. The molecule has 1 aromatic rings. The van der Waals surface area contributed by atoms with Gasteiger partial charge in [-0.1, -0.05) is 0 Å². The molecule has 0 bridgehead atoms. The lowest BCUT2D eigenvalue weighted by Crippen LogP contribution is -2.25. The maximum atomic E-state index is 11.6. The molecule has 2 rings (SSSR count). The number of rotatable bonds is 3. The molecule has 1 unspecified atom stereocenters. The topological polar surface area (TPSA) is 70.2 Å². The zero-order valence-electron chi connectivity index (χ0n) is 10.1. The average Bonchev–Trinajstić information content (AvgIpc) is 2.82. The van der Waals surface area contributed by atoms with E-state index in [4.69, 9.17) is 0 Å². The molecule has 0 saturated carbocycles. The van der Waals surface area contributed by atoms with Crippen LogP contribution >= 0.6 is 0 Å². The van der Waals surface area contributed by atoms with Crippen LogP contribution in [-0.4, -0.2) is 54.2 Å². The van der Waals surface area contributed by atoms with Crippen molar-refractivity contribution in [1.82, 2.24) is 20.4 Å². The fourth-order valence-electron chi connectivity index (χ4n) is 1.74. The molecule has 1 aliphatic heterocycles. The Kier molecular flexibility index (Phi) is 3.53. The summed E-state index contributed by atoms with van der Waals surface area (Å²) in [6.45, 7) is 1.97. The number of hydrogen-bond acceptors (Lipinski definition) is 5. The Labute approximate surface area is 100 Å². The summed E-state index contributed by atoms with van der Waals surface area (Å²) in [7, 11) is 3.39. The summed E-state index contributed by atoms with van der Waals surface area (Å²) in [4.78, 5) is 13.1. The zero-order chi connectivity index (χ0) is 12.3. The minimum atomic E-state index is -0.133. The number of nitrogens with one attached hydrogen (secondary N) is 2. The van der Waals surface area contributed by atoms with Gasteiger partial charge in [0.1, 0.15) is 5.82 Å². The maximum Gasteiger partial charge on any atom is 0.273 e. The van der Waals surface area contributed by atoms with Gasteiger partial charge < -0.3 is 15.5 Å². The Bertz CT molecular complexity index is 383. The molecule has 0 spiro atoms. The van der Waals surface area contributed by atoms with Crippen LogP contribution < -0.4 is 10.6 Å². The Hall–Kier alpha value is -1.69. The van der Waals surface area contributed by atoms with Crippen molar-refractivity contribution in [3.8, 4) is 0 Å². The molecule has 6 nitrogen and oxygen atoms in total. The standard InChI is InChI=1S/C11H17N5O/c1-16(2)11(17)9-3-4-10(15-14-9)13-8-5-6-12-7-8/h3-4,8,12H,5-7H2,1-2H3,(H,13,15). The summed E-state index contributed by atoms with van der Waals surface area (Å²) in [5, 5.41) is 14.5. The highest BCUT2D eigenvalue weighted by Crippen LogP contribution is 2.08. The molecule has 0 aliphatic carbocycles. The van der Waals surface area contributed by atoms with Gasteiger partial charge in [-0.15, -0.1) is 10.2 Å². The van der Waals surface area contributed by atoms with Crippen molar-refractivity contribution in [2.24, 2.45) is 0 Å². The zero-order valence-corrected chi connectivity index (χ0v) is 10.1. The van der Waals surface area contributed by atoms with Crippen LogP contribution in [0.4, 0.5) is 5.82 Å². The number of carbonyl (C=O) groups is 1. The smallest absolute Gasteiger partial charge is 0.273 e. The van der Waals surface area contributed by atoms with Crippen molar-refractivity contribution in [2.75, 3.05) is 32.5 Å². The van der Waals surface area contributed by atoms with Crippen LogP contribution in [0.1, 0.15) is 16.9 Å². The Morgan fingerprint density at radius 3 is 2.82 bits per heavy atom. The third-order valence-corrected chi connectivity index (χ3v) is 2.70. The van der Waals surface area contributed by atoms with Gasteiger partial charge in [0, 0.05) is 26.7 Å². The molecule has 1 saturated heterocycles. The van der Waals surface area contributed by atoms with Crippen LogP contribution in [0, 0.1) is 0 Å². The summed E-state index contributed by atoms with van der Waals surface area (Å²) < 4.78 is 0. The minimum absolute atomic E-state index is 0.133. The predicted molar refractivity (Wildman–Crippen MR) is 64.9 cm³/mol. The normalized spacial score (nSPS) is 19.1. The van der Waals surface area contributed by atoms with E-state index in [0.717, 1.165) is 19.5 Å². The number of nitrogens with zero attached hydrogens (tertiary/aromatic N) is 3. The first kappa shape index (κ1) is 11.8. The molecule has 0 radical (unpaired) electrons. The Balaban J connectivity index is 1.99. The highest BCUT2D eigenvalue weighted by atomic mass is 16.2. The molecular formula is C11H17N5O. The van der Waals surface area contributed by atoms with Gasteiger partial charge in [0.25, 0.3) is 5.91 Å². The summed E-state index contributed by atoms with van der Waals surface area (Å²) in [5.74, 6) is 0.584. The van der Waals surface area contributed by atoms with Crippen molar-refractivity contribution in [1.29, 1.82) is 0 Å². The number of hydrogen-bond donors (Lipinski definition) is 2. The summed E-state index contributed by atoms with van der Waals surface area (Å²) in [6, 6.07) is 3.89. The van der Waals surface area contributed by atoms with E-state index in [1.165, 1.54) is 4.90 Å². The van der Waals surface area contributed by atoms with Crippen LogP contribution in [0.5, 0.6) is 0 Å². The Morgan fingerprint density at radius 2 is 2.29 bits per heavy atom. The van der Waals surface area contributed by atoms with Crippen LogP contribution in [0.2, 0.25) is 0 Å². The van der Waals surface area contributed by atoms with Gasteiger partial charge in [0.15, 0.2) is 5.69 Å². The van der Waals surface area contributed by atoms with E-state index in [1.54, 1.807) is 26.2 Å². The van der Waals surface area contributed by atoms with Gasteiger partial charge in [-0.2, -0.15) is 0 Å². The maximum absolute atomic E-state index is 11.6. The number of amides is 1. The van der Waals surface area contributed by atoms with Crippen LogP contribution in [-0.2, 0) is 0 Å². The van der Waals surface area contributed by atoms with Crippen molar-refractivity contribution < 1.29 is 4.79 Å². The third kappa shape index (κ3) is 2.91. The summed E-state index contributed by atoms with van der Waals surface area (Å²) >= 11 is 0. The third-order valence-electron chi connectivity index (χ3n) is 2.70. The van der Waals surface area contributed by atoms with E-state index in [2.05, 4.69) is 20.8 Å². The molecule has 1 atom stereocenters. The largest absolute Gasteiger partial charge is 0.365 e. The molecule has 6 heteroatoms. The van der Waals surface area contributed by atoms with E-state index in [-0.39, 0.29) is 5.91 Å². The van der Waals surface area contributed by atoms with E-state index in [1.807, 2.05) is 0 Å². The van der Waals surface area contributed by atoms with Gasteiger partial charge >= 0.3 is 0 Å². The molecule has 2 heterocycles. The fraction of sp³-hybridized carbons (Fsp3) is 0.545. The van der Waals surface area contributed by atoms with Gasteiger partial charge in [-0.25, -0.2) is 0 Å². The summed E-state index contributed by atoms with van der Waals surface area (Å²) in [5.41, 5.74) is 0.366. The second-order valence-electron chi connectivity index (χ2n) is 4.34. The number of anilines is 1. The first-order chi connectivity index (χ1) is 8.16. The lowest BCUT2D eigenvalue weighted by Gasteiger charge is -2.12. The van der Waals surface area contributed by atoms with E-state index < -0.39 is 0 Å². The number of aromatic nitrogens is 2. The van der Waals surface area contributed by atoms with Crippen molar-refractivity contribution in [2.45, 2.75) is 12.5 Å². The van der Waals surface area contributed by atoms with Crippen LogP contribution in [0.3, 0.4) is 0 Å². The van der Waals surface area contributed by atoms with E-state index in [9.17, 15) is 4.79 Å². The second-order valence-corrected chi connectivity index (χ2v) is 4.34. The van der Waals surface area contributed by atoms with Crippen LogP contribution in [0.15, 0.2) is 12.1 Å². The predicted octanol–water partition coefficient (Wildman–Crippen LogP) is -0.0478. The van der Waals surface area contributed by atoms with Gasteiger partial charge in [-0.05, 0) is 25.1 Å². The number of carbonyl (C=O) groups excluding carboxylic acids is 1. The second kappa shape index (κ2) is 5.09. The molecule has 2 N–H and O–H groups in total. The quantitative estimate of drug-likeness (QED) is 0.769. The molecule has 1 amide bonds. The molecule has 1 aliphatic rings. The van der Waals surface area contributed by atoms with E-state index >= 15 is 0 Å². The minimum Gasteiger partial charge on any atom is -0.365 e. The lowest BCUT2D eigenvalue weighted by atomic mass is 10.2. The fourth-order valence-corrected chi connectivity index (χ4v) is 1.74. The van der Waals surface area contributed by atoms with Crippen molar-refractivity contribution in [3.63, 3.8) is 0 Å². The van der Waals surface area contributed by atoms with Crippen LogP contribution in [0.25, 0.3) is 0 Å². The molecular weight excluding hydrogens is 218 g/mol. The van der Waals surface area contributed by atoms with Crippen molar-refractivity contribution >= 4 is 11.7 Å². The first-order valence-corrected chi connectivity index (χ1v) is 5.69. The molecule has 0 aromatic carbocycles. The van der Waals surface area contributed by atoms with Crippen molar-refractivity contribution in [3.05, 3.63) is 17.8 Å². The highest BCUT2D eigenvalue weighted by molar-refractivity contribution is 5.91. The molecule has 1 fully saturated rings. The molecule has 17 heavy (non-hydrogen) atoms. The SMILES string of the molecule is CN(C)C(=O)c1ccc(NC2CCNC2)nn1. The summed E-state index contributed by atoms with van der Waals surface area (Å²) in [6.07, 6.45) is 1.08. The molecule has 1 aromatic heterocycles. The van der Waals surface area contributed by atoms with Gasteiger partial charge in [0.05, 0.1) is 0 Å². The van der Waals surface area contributed by atoms with E-state index in [0.29, 0.717) is 17.6 Å². The first-order valence-electron chi connectivity index (χ1n) is 5.69. The molecule has 92 valence electrons. The lowest BCUT2D eigenvalue weighted by molar-refractivity contribution is 0.0821. The Morgan fingerprint density at radius 1 is 1.47 bits per heavy atom. The average molecular weight is 235 g/mol.